The van der Waals surface area contributed by atoms with Crippen molar-refractivity contribution >= 4 is 26.8 Å². The molecule has 4 rings (SSSR count). The minimum atomic E-state index is 0.161. The van der Waals surface area contributed by atoms with Gasteiger partial charge in [0, 0.05) is 29.9 Å². The number of aromatic hydroxyl groups is 2. The first-order valence-electron chi connectivity index (χ1n) is 6.18. The van der Waals surface area contributed by atoms with E-state index in [1.54, 1.807) is 18.2 Å². The van der Waals surface area contributed by atoms with Crippen LogP contribution >= 0.6 is 15.9 Å². The van der Waals surface area contributed by atoms with E-state index in [1.807, 2.05) is 18.3 Å². The van der Waals surface area contributed by atoms with Gasteiger partial charge in [0.2, 0.25) is 6.79 Å². The summed E-state index contributed by atoms with van der Waals surface area (Å²) < 4.78 is 10.7. The van der Waals surface area contributed by atoms with Crippen LogP contribution in [0.15, 0.2) is 47.1 Å². The Hall–Kier alpha value is -2.34. The molecule has 0 fully saturated rings. The summed E-state index contributed by atoms with van der Waals surface area (Å²) >= 11 is 3.16. The highest BCUT2D eigenvalue weighted by Gasteiger charge is 2.15. The van der Waals surface area contributed by atoms with Gasteiger partial charge in [-0.2, -0.15) is 0 Å². The number of nitrogens with one attached hydrogen (secondary N) is 1. The Kier molecular flexibility index (Phi) is 3.62. The molecule has 5 nitrogen and oxygen atoms in total. The predicted octanol–water partition coefficient (Wildman–Crippen LogP) is 3.76. The van der Waals surface area contributed by atoms with Crippen LogP contribution in [0.3, 0.4) is 0 Å². The van der Waals surface area contributed by atoms with E-state index in [4.69, 9.17) is 14.6 Å². The zero-order chi connectivity index (χ0) is 14.8. The summed E-state index contributed by atoms with van der Waals surface area (Å²) in [6.45, 7) is 0.227. The van der Waals surface area contributed by atoms with E-state index < -0.39 is 0 Å². The molecular weight excluding hydrogens is 338 g/mol. The van der Waals surface area contributed by atoms with Crippen LogP contribution in [-0.4, -0.2) is 22.0 Å². The number of phenolic OH excluding ortho intramolecular Hbond substituents is 2. The highest BCUT2D eigenvalue weighted by Crippen LogP contribution is 2.39. The number of hydrogen-bond donors (Lipinski definition) is 3. The molecular formula is C15H12BrNO4. The first-order valence-corrected chi connectivity index (χ1v) is 6.97. The Balaban J connectivity index is 0.000000126. The standard InChI is InChI=1S/C8H7NO.C7H5BrO3/c10-7-2-1-6-3-4-9-8(6)5-7;8-4-1-6-7(2-5(4)9)11-3-10-6/h1-5,9-10H;1-2,9H,3H2. The zero-order valence-electron chi connectivity index (χ0n) is 10.8. The van der Waals surface area contributed by atoms with E-state index in [0.717, 1.165) is 10.9 Å². The van der Waals surface area contributed by atoms with Gasteiger partial charge in [0.1, 0.15) is 11.5 Å². The fraction of sp³-hybridized carbons (Fsp3) is 0.0667. The Labute approximate surface area is 128 Å². The summed E-state index contributed by atoms with van der Waals surface area (Å²) in [7, 11) is 0. The van der Waals surface area contributed by atoms with Crippen molar-refractivity contribution in [2.45, 2.75) is 0 Å². The summed E-state index contributed by atoms with van der Waals surface area (Å²) in [6, 6.07) is 10.4. The van der Waals surface area contributed by atoms with Crippen molar-refractivity contribution in [1.29, 1.82) is 0 Å². The van der Waals surface area contributed by atoms with Crippen molar-refractivity contribution in [3.8, 4) is 23.0 Å². The second kappa shape index (κ2) is 5.57. The molecule has 0 spiro atoms. The lowest BCUT2D eigenvalue weighted by Gasteiger charge is -1.98. The molecule has 21 heavy (non-hydrogen) atoms. The van der Waals surface area contributed by atoms with E-state index in [9.17, 15) is 5.11 Å². The molecule has 108 valence electrons. The number of ether oxygens (including phenoxy) is 2. The first kappa shape index (κ1) is 13.6. The monoisotopic (exact) mass is 349 g/mol. The molecule has 3 N–H and O–H groups in total. The molecule has 0 saturated heterocycles. The van der Waals surface area contributed by atoms with E-state index in [0.29, 0.717) is 21.7 Å². The molecule has 0 radical (unpaired) electrons. The molecule has 1 aliphatic heterocycles. The van der Waals surface area contributed by atoms with E-state index >= 15 is 0 Å². The maximum Gasteiger partial charge on any atom is 0.231 e. The van der Waals surface area contributed by atoms with Gasteiger partial charge >= 0.3 is 0 Å². The Bertz CT molecular complexity index is 755. The summed E-state index contributed by atoms with van der Waals surface area (Å²) in [5.41, 5.74) is 0.972. The predicted molar refractivity (Wildman–Crippen MR) is 81.9 cm³/mol. The van der Waals surface area contributed by atoms with Gasteiger partial charge in [-0.25, -0.2) is 0 Å². The number of aromatic nitrogens is 1. The average molecular weight is 350 g/mol. The van der Waals surface area contributed by atoms with Gasteiger partial charge in [0.05, 0.1) is 4.47 Å². The second-order valence-corrected chi connectivity index (χ2v) is 5.26. The van der Waals surface area contributed by atoms with Crippen molar-refractivity contribution in [1.82, 2.24) is 4.98 Å². The third-order valence-electron chi connectivity index (χ3n) is 2.98. The Morgan fingerprint density at radius 3 is 2.57 bits per heavy atom. The number of aromatic amines is 1. The first-order chi connectivity index (χ1) is 10.1. The molecule has 3 aromatic rings. The van der Waals surface area contributed by atoms with Crippen LogP contribution in [-0.2, 0) is 0 Å². The fourth-order valence-electron chi connectivity index (χ4n) is 1.94. The quantitative estimate of drug-likeness (QED) is 0.577. The van der Waals surface area contributed by atoms with Gasteiger partial charge in [0.15, 0.2) is 11.5 Å². The molecule has 0 bridgehead atoms. The summed E-state index contributed by atoms with van der Waals surface area (Å²) in [4.78, 5) is 3.00. The van der Waals surface area contributed by atoms with Crippen LogP contribution in [0.25, 0.3) is 10.9 Å². The van der Waals surface area contributed by atoms with Crippen LogP contribution in [0.2, 0.25) is 0 Å². The van der Waals surface area contributed by atoms with Crippen LogP contribution in [0.4, 0.5) is 0 Å². The van der Waals surface area contributed by atoms with Crippen molar-refractivity contribution in [2.24, 2.45) is 0 Å². The van der Waals surface area contributed by atoms with E-state index in [-0.39, 0.29) is 12.5 Å². The second-order valence-electron chi connectivity index (χ2n) is 4.41. The largest absolute Gasteiger partial charge is 0.508 e. The average Bonchev–Trinajstić information content (AvgIpc) is 3.08. The number of hydrogen-bond acceptors (Lipinski definition) is 4. The minimum absolute atomic E-state index is 0.161. The summed E-state index contributed by atoms with van der Waals surface area (Å²) in [6.07, 6.45) is 1.85. The van der Waals surface area contributed by atoms with Crippen molar-refractivity contribution in [3.63, 3.8) is 0 Å². The number of fused-ring (bicyclic) bond motifs is 2. The maximum absolute atomic E-state index is 9.20. The highest BCUT2D eigenvalue weighted by molar-refractivity contribution is 9.10. The molecule has 0 aliphatic carbocycles. The summed E-state index contributed by atoms with van der Waals surface area (Å²) in [5, 5.41) is 19.4. The molecule has 2 heterocycles. The molecule has 6 heteroatoms. The van der Waals surface area contributed by atoms with Crippen LogP contribution in [0, 0.1) is 0 Å². The van der Waals surface area contributed by atoms with Crippen molar-refractivity contribution in [3.05, 3.63) is 47.1 Å². The SMILES string of the molecule is Oc1cc2c(cc1Br)OCO2.Oc1ccc2cc[nH]c2c1. The van der Waals surface area contributed by atoms with Crippen LogP contribution < -0.4 is 9.47 Å². The van der Waals surface area contributed by atoms with Crippen molar-refractivity contribution < 1.29 is 19.7 Å². The van der Waals surface area contributed by atoms with E-state index in [1.165, 1.54) is 6.07 Å². The zero-order valence-corrected chi connectivity index (χ0v) is 12.4. The van der Waals surface area contributed by atoms with Gasteiger partial charge in [-0.1, -0.05) is 0 Å². The topological polar surface area (TPSA) is 74.7 Å². The molecule has 2 aromatic carbocycles. The van der Waals surface area contributed by atoms with Gasteiger partial charge in [-0.3, -0.25) is 0 Å². The highest BCUT2D eigenvalue weighted by atomic mass is 79.9. The van der Waals surface area contributed by atoms with Crippen molar-refractivity contribution in [2.75, 3.05) is 6.79 Å². The molecule has 0 saturated carbocycles. The number of rotatable bonds is 0. The van der Waals surface area contributed by atoms with Gasteiger partial charge in [0.25, 0.3) is 0 Å². The van der Waals surface area contributed by atoms with Crippen LogP contribution in [0.5, 0.6) is 23.0 Å². The Morgan fingerprint density at radius 1 is 1.00 bits per heavy atom. The van der Waals surface area contributed by atoms with Gasteiger partial charge in [-0.15, -0.1) is 0 Å². The molecule has 1 aliphatic rings. The summed E-state index contributed by atoms with van der Waals surface area (Å²) in [5.74, 6) is 1.71. The lowest BCUT2D eigenvalue weighted by atomic mass is 10.2. The molecule has 0 amide bonds. The third kappa shape index (κ3) is 2.90. The number of phenols is 2. The lowest BCUT2D eigenvalue weighted by Crippen LogP contribution is -1.92. The van der Waals surface area contributed by atoms with Gasteiger partial charge in [-0.05, 0) is 39.5 Å². The number of halogens is 1. The Morgan fingerprint density at radius 2 is 1.76 bits per heavy atom. The number of benzene rings is 2. The fourth-order valence-corrected chi connectivity index (χ4v) is 2.26. The lowest BCUT2D eigenvalue weighted by molar-refractivity contribution is 0.174. The maximum atomic E-state index is 9.20. The van der Waals surface area contributed by atoms with Gasteiger partial charge < -0.3 is 24.7 Å². The molecule has 1 aromatic heterocycles. The normalized spacial score (nSPS) is 12.0. The van der Waals surface area contributed by atoms with E-state index in [2.05, 4.69) is 20.9 Å². The minimum Gasteiger partial charge on any atom is -0.508 e. The third-order valence-corrected chi connectivity index (χ3v) is 3.62. The number of H-pyrrole nitrogens is 1. The molecule has 0 unspecified atom stereocenters. The van der Waals surface area contributed by atoms with Crippen LogP contribution in [0.1, 0.15) is 0 Å². The molecule has 0 atom stereocenters. The smallest absolute Gasteiger partial charge is 0.231 e.